The lowest BCUT2D eigenvalue weighted by molar-refractivity contribution is -0.161. The molecule has 0 rings (SSSR count). The Bertz CT molecular complexity index is 970. The molecule has 0 aliphatic rings. The zero-order valence-electron chi connectivity index (χ0n) is 33.3. The number of esters is 2. The van der Waals surface area contributed by atoms with Crippen LogP contribution in [0.5, 0.6) is 0 Å². The molecule has 3 N–H and O–H groups in total. The minimum absolute atomic E-state index is 0.180. The van der Waals surface area contributed by atoms with Gasteiger partial charge in [0.1, 0.15) is 12.7 Å². The highest BCUT2D eigenvalue weighted by atomic mass is 31.2. The standard InChI is InChI=1S/C42H77O10P/c1-3-5-7-9-11-13-15-17-19-21-23-25-27-29-31-33-41(45)49-37-40(38-51-53(47,48)50-36-39(44)35-43)52-42(46)34-32-30-28-26-24-22-20-18-16-14-12-10-8-6-4-2/h4,11,13,17,19,39-40,43-44H,2-3,5-10,12,14-16,18,20-38H2,1H3,(H,47,48)/b13-11+,19-17+/t39-,40+/m0/s1. The fourth-order valence-electron chi connectivity index (χ4n) is 5.65. The summed E-state index contributed by atoms with van der Waals surface area (Å²) in [5.41, 5.74) is 0. The monoisotopic (exact) mass is 773 g/mol. The van der Waals surface area contributed by atoms with E-state index >= 15 is 0 Å². The van der Waals surface area contributed by atoms with Gasteiger partial charge in [-0.1, -0.05) is 140 Å². The van der Waals surface area contributed by atoms with Gasteiger partial charge in [0.2, 0.25) is 0 Å². The Morgan fingerprint density at radius 2 is 1.08 bits per heavy atom. The van der Waals surface area contributed by atoms with Crippen molar-refractivity contribution in [2.45, 2.75) is 192 Å². The Balaban J connectivity index is 4.32. The number of carbonyl (C=O) groups excluding carboxylic acids is 2. The second-order valence-electron chi connectivity index (χ2n) is 14.1. The summed E-state index contributed by atoms with van der Waals surface area (Å²) >= 11 is 0. The molecule has 0 aromatic rings. The minimum Gasteiger partial charge on any atom is -0.462 e. The van der Waals surface area contributed by atoms with Crippen molar-refractivity contribution in [3.05, 3.63) is 37.0 Å². The topological polar surface area (TPSA) is 149 Å². The highest BCUT2D eigenvalue weighted by molar-refractivity contribution is 7.47. The van der Waals surface area contributed by atoms with Crippen molar-refractivity contribution in [3.63, 3.8) is 0 Å². The molecule has 11 heteroatoms. The van der Waals surface area contributed by atoms with Crippen molar-refractivity contribution in [1.82, 2.24) is 0 Å². The van der Waals surface area contributed by atoms with Crippen molar-refractivity contribution < 1.29 is 47.8 Å². The Labute approximate surface area is 322 Å². The molecule has 0 aliphatic carbocycles. The second-order valence-corrected chi connectivity index (χ2v) is 15.5. The number of hydrogen-bond acceptors (Lipinski definition) is 9. The van der Waals surface area contributed by atoms with E-state index in [9.17, 15) is 24.2 Å². The van der Waals surface area contributed by atoms with Crippen LogP contribution in [-0.4, -0.2) is 65.7 Å². The third kappa shape index (κ3) is 38.3. The van der Waals surface area contributed by atoms with Crippen LogP contribution in [0, 0.1) is 0 Å². The van der Waals surface area contributed by atoms with Gasteiger partial charge in [0.15, 0.2) is 6.10 Å². The molecule has 0 heterocycles. The number of ether oxygens (including phenoxy) is 2. The Morgan fingerprint density at radius 1 is 0.623 bits per heavy atom. The number of hydrogen-bond donors (Lipinski definition) is 3. The van der Waals surface area contributed by atoms with Gasteiger partial charge >= 0.3 is 19.8 Å². The number of aliphatic hydroxyl groups excluding tert-OH is 2. The smallest absolute Gasteiger partial charge is 0.462 e. The van der Waals surface area contributed by atoms with Crippen LogP contribution >= 0.6 is 7.82 Å². The van der Waals surface area contributed by atoms with E-state index in [4.69, 9.17) is 19.1 Å². The normalized spacial score (nSPS) is 14.0. The number of phosphoric acid groups is 1. The van der Waals surface area contributed by atoms with Crippen LogP contribution in [0.4, 0.5) is 0 Å². The van der Waals surface area contributed by atoms with Crippen molar-refractivity contribution in [1.29, 1.82) is 0 Å². The Kier molecular flexibility index (Phi) is 37.2. The molecule has 0 radical (unpaired) electrons. The largest absolute Gasteiger partial charge is 0.472 e. The first kappa shape index (κ1) is 51.2. The quantitative estimate of drug-likeness (QED) is 0.0238. The fraction of sp³-hybridized carbons (Fsp3) is 0.810. The second kappa shape index (κ2) is 38.5. The average molecular weight is 773 g/mol. The molecule has 53 heavy (non-hydrogen) atoms. The summed E-state index contributed by atoms with van der Waals surface area (Å²) in [6, 6.07) is 0. The van der Waals surface area contributed by atoms with Crippen LogP contribution in [-0.2, 0) is 32.7 Å². The van der Waals surface area contributed by atoms with Crippen LogP contribution in [0.1, 0.15) is 180 Å². The Morgan fingerprint density at radius 3 is 1.58 bits per heavy atom. The van der Waals surface area contributed by atoms with Gasteiger partial charge in [-0.2, -0.15) is 0 Å². The van der Waals surface area contributed by atoms with Crippen LogP contribution in [0.15, 0.2) is 37.0 Å². The molecule has 3 atom stereocenters. The van der Waals surface area contributed by atoms with E-state index in [0.29, 0.717) is 12.8 Å². The molecule has 0 spiro atoms. The maximum atomic E-state index is 12.6. The lowest BCUT2D eigenvalue weighted by Gasteiger charge is -2.20. The zero-order valence-corrected chi connectivity index (χ0v) is 34.2. The van der Waals surface area contributed by atoms with E-state index in [1.165, 1.54) is 77.0 Å². The molecule has 0 amide bonds. The van der Waals surface area contributed by atoms with Gasteiger partial charge in [-0.3, -0.25) is 18.6 Å². The minimum atomic E-state index is -4.62. The third-order valence-corrected chi connectivity index (χ3v) is 9.86. The third-order valence-electron chi connectivity index (χ3n) is 8.91. The zero-order chi connectivity index (χ0) is 39.1. The summed E-state index contributed by atoms with van der Waals surface area (Å²) in [6.07, 6.45) is 37.1. The van der Waals surface area contributed by atoms with Crippen molar-refractivity contribution in [3.8, 4) is 0 Å². The number of allylic oxidation sites excluding steroid dienone is 5. The van der Waals surface area contributed by atoms with E-state index < -0.39 is 51.8 Å². The molecule has 0 fully saturated rings. The molecule has 10 nitrogen and oxygen atoms in total. The average Bonchev–Trinajstić information content (AvgIpc) is 3.14. The first-order valence-corrected chi connectivity index (χ1v) is 22.4. The lowest BCUT2D eigenvalue weighted by Crippen LogP contribution is -2.29. The molecule has 1 unspecified atom stereocenters. The predicted octanol–water partition coefficient (Wildman–Crippen LogP) is 10.8. The van der Waals surface area contributed by atoms with E-state index in [2.05, 4.69) is 42.3 Å². The van der Waals surface area contributed by atoms with Gasteiger partial charge in [0, 0.05) is 12.8 Å². The number of carbonyl (C=O) groups is 2. The number of aliphatic hydroxyl groups is 2. The molecule has 0 bridgehead atoms. The van der Waals surface area contributed by atoms with Crippen molar-refractivity contribution in [2.24, 2.45) is 0 Å². The van der Waals surface area contributed by atoms with Gasteiger partial charge in [-0.05, 0) is 57.8 Å². The molecule has 0 aliphatic heterocycles. The van der Waals surface area contributed by atoms with Gasteiger partial charge in [-0.25, -0.2) is 4.57 Å². The van der Waals surface area contributed by atoms with E-state index in [-0.39, 0.29) is 19.4 Å². The van der Waals surface area contributed by atoms with E-state index in [0.717, 1.165) is 70.6 Å². The molecular weight excluding hydrogens is 695 g/mol. The summed E-state index contributed by atoms with van der Waals surface area (Å²) in [6.45, 7) is 3.86. The predicted molar refractivity (Wildman–Crippen MR) is 214 cm³/mol. The van der Waals surface area contributed by atoms with Crippen LogP contribution < -0.4 is 0 Å². The molecule has 0 saturated heterocycles. The molecule has 0 aromatic heterocycles. The molecule has 310 valence electrons. The van der Waals surface area contributed by atoms with Gasteiger partial charge < -0.3 is 24.6 Å². The molecule has 0 aromatic carbocycles. The molecule has 0 saturated carbocycles. The van der Waals surface area contributed by atoms with Crippen LogP contribution in [0.25, 0.3) is 0 Å². The van der Waals surface area contributed by atoms with Crippen molar-refractivity contribution in [2.75, 3.05) is 26.4 Å². The van der Waals surface area contributed by atoms with Gasteiger partial charge in [0.25, 0.3) is 0 Å². The summed E-state index contributed by atoms with van der Waals surface area (Å²) in [5, 5.41) is 18.3. The summed E-state index contributed by atoms with van der Waals surface area (Å²) < 4.78 is 32.7. The maximum Gasteiger partial charge on any atom is 0.472 e. The number of rotatable bonds is 40. The van der Waals surface area contributed by atoms with Crippen LogP contribution in [0.3, 0.4) is 0 Å². The first-order valence-electron chi connectivity index (χ1n) is 20.9. The fourth-order valence-corrected chi connectivity index (χ4v) is 6.44. The number of unbranched alkanes of at least 4 members (excludes halogenated alkanes) is 21. The summed E-state index contributed by atoms with van der Waals surface area (Å²) in [5.74, 6) is -0.942. The lowest BCUT2D eigenvalue weighted by atomic mass is 10.0. The maximum absolute atomic E-state index is 12.6. The summed E-state index contributed by atoms with van der Waals surface area (Å²) in [4.78, 5) is 34.9. The van der Waals surface area contributed by atoms with Gasteiger partial charge in [-0.15, -0.1) is 6.58 Å². The highest BCUT2D eigenvalue weighted by Crippen LogP contribution is 2.43. The Hall–Kier alpha value is -1.81. The SMILES string of the molecule is C=CCCCCCCCCCCCCCCCC(=O)O[C@H](COC(=O)CCCCCCC/C=C/C/C=C/CCCCC)COP(=O)(O)OC[C@@H](O)CO. The summed E-state index contributed by atoms with van der Waals surface area (Å²) in [7, 11) is -4.62. The van der Waals surface area contributed by atoms with E-state index in [1.54, 1.807) is 0 Å². The molecular formula is C42H77O10P. The number of phosphoric ester groups is 1. The highest BCUT2D eigenvalue weighted by Gasteiger charge is 2.27. The first-order chi connectivity index (χ1) is 25.7. The van der Waals surface area contributed by atoms with Crippen LogP contribution in [0.2, 0.25) is 0 Å². The van der Waals surface area contributed by atoms with Crippen molar-refractivity contribution >= 4 is 19.8 Å². The van der Waals surface area contributed by atoms with E-state index in [1.807, 2.05) is 6.08 Å². The van der Waals surface area contributed by atoms with Gasteiger partial charge in [0.05, 0.1) is 19.8 Å².